The van der Waals surface area contributed by atoms with Crippen LogP contribution in [0.15, 0.2) is 42.9 Å². The zero-order chi connectivity index (χ0) is 20.5. The van der Waals surface area contributed by atoms with Crippen molar-refractivity contribution in [3.8, 4) is 28.8 Å². The third-order valence-corrected chi connectivity index (χ3v) is 4.96. The first kappa shape index (κ1) is 18.5. The lowest BCUT2D eigenvalue weighted by Gasteiger charge is -2.12. The lowest BCUT2D eigenvalue weighted by molar-refractivity contribution is 0.0996. The van der Waals surface area contributed by atoms with Crippen LogP contribution in [0.2, 0.25) is 0 Å². The molecular formula is C21H19N5O3. The Morgan fingerprint density at radius 3 is 2.72 bits per heavy atom. The van der Waals surface area contributed by atoms with E-state index in [4.69, 9.17) is 14.7 Å². The fourth-order valence-corrected chi connectivity index (χ4v) is 3.34. The van der Waals surface area contributed by atoms with Crippen molar-refractivity contribution >= 4 is 11.6 Å². The van der Waals surface area contributed by atoms with E-state index in [9.17, 15) is 4.79 Å². The Bertz CT molecular complexity index is 1130. The molecule has 0 radical (unpaired) electrons. The van der Waals surface area contributed by atoms with Crippen LogP contribution < -0.4 is 14.4 Å². The monoisotopic (exact) mass is 389 g/mol. The summed E-state index contributed by atoms with van der Waals surface area (Å²) in [7, 11) is 3.11. The molecule has 1 aromatic carbocycles. The average Bonchev–Trinajstić information content (AvgIpc) is 3.37. The van der Waals surface area contributed by atoms with Gasteiger partial charge in [0, 0.05) is 17.3 Å². The average molecular weight is 389 g/mol. The van der Waals surface area contributed by atoms with Crippen LogP contribution in [0.3, 0.4) is 0 Å². The second-order valence-electron chi connectivity index (χ2n) is 6.68. The number of hydrogen-bond donors (Lipinski definition) is 0. The van der Waals surface area contributed by atoms with Crippen LogP contribution in [0, 0.1) is 11.3 Å². The van der Waals surface area contributed by atoms with E-state index in [-0.39, 0.29) is 5.91 Å². The van der Waals surface area contributed by atoms with Crippen molar-refractivity contribution in [2.45, 2.75) is 19.5 Å². The summed E-state index contributed by atoms with van der Waals surface area (Å²) in [5, 5.41) is 13.2. The van der Waals surface area contributed by atoms with Gasteiger partial charge in [0.25, 0.3) is 11.8 Å². The third kappa shape index (κ3) is 3.17. The van der Waals surface area contributed by atoms with Crippen molar-refractivity contribution in [3.05, 3.63) is 54.0 Å². The van der Waals surface area contributed by atoms with E-state index in [2.05, 4.69) is 16.2 Å². The Balaban J connectivity index is 1.64. The molecule has 1 aliphatic heterocycles. The second-order valence-corrected chi connectivity index (χ2v) is 6.68. The quantitative estimate of drug-likeness (QED) is 0.665. The van der Waals surface area contributed by atoms with Crippen LogP contribution in [0.25, 0.3) is 11.1 Å². The highest BCUT2D eigenvalue weighted by Gasteiger charge is 2.30. The van der Waals surface area contributed by atoms with Crippen molar-refractivity contribution < 1.29 is 14.3 Å². The number of nitrogens with zero attached hydrogens (tertiary/aromatic N) is 5. The maximum Gasteiger partial charge on any atom is 0.259 e. The molecule has 4 rings (SSSR count). The van der Waals surface area contributed by atoms with Gasteiger partial charge in [-0.05, 0) is 36.2 Å². The van der Waals surface area contributed by atoms with Gasteiger partial charge >= 0.3 is 0 Å². The summed E-state index contributed by atoms with van der Waals surface area (Å²) in [6.07, 6.45) is 5.04. The maximum absolute atomic E-state index is 12.9. The zero-order valence-electron chi connectivity index (χ0n) is 16.3. The predicted molar refractivity (Wildman–Crippen MR) is 106 cm³/mol. The molecule has 0 bridgehead atoms. The van der Waals surface area contributed by atoms with Gasteiger partial charge in [0.2, 0.25) is 0 Å². The minimum Gasteiger partial charge on any atom is -0.491 e. The highest BCUT2D eigenvalue weighted by atomic mass is 16.5. The first-order valence-electron chi connectivity index (χ1n) is 9.02. The van der Waals surface area contributed by atoms with Gasteiger partial charge in [-0.25, -0.2) is 4.98 Å². The molecule has 0 fully saturated rings. The number of ether oxygens (including phenoxy) is 2. The van der Waals surface area contributed by atoms with Gasteiger partial charge in [-0.2, -0.15) is 10.4 Å². The van der Waals surface area contributed by atoms with Crippen molar-refractivity contribution in [1.82, 2.24) is 14.8 Å². The molecule has 146 valence electrons. The van der Waals surface area contributed by atoms with Crippen molar-refractivity contribution in [3.63, 3.8) is 0 Å². The fraction of sp³-hybridized carbons (Fsp3) is 0.238. The molecule has 1 aliphatic rings. The van der Waals surface area contributed by atoms with Crippen LogP contribution in [-0.2, 0) is 6.54 Å². The van der Waals surface area contributed by atoms with Crippen molar-refractivity contribution in [2.75, 3.05) is 19.1 Å². The van der Waals surface area contributed by atoms with E-state index in [1.165, 1.54) is 0 Å². The number of carbonyl (C=O) groups excluding carboxylic acids is 1. The van der Waals surface area contributed by atoms with Gasteiger partial charge < -0.3 is 14.4 Å². The number of rotatable bonds is 5. The Labute approximate surface area is 167 Å². The van der Waals surface area contributed by atoms with E-state index in [0.717, 1.165) is 16.7 Å². The largest absolute Gasteiger partial charge is 0.491 e. The van der Waals surface area contributed by atoms with E-state index < -0.39 is 6.04 Å². The van der Waals surface area contributed by atoms with Gasteiger partial charge in [-0.1, -0.05) is 6.07 Å². The summed E-state index contributed by atoms with van der Waals surface area (Å²) in [5.74, 6) is 0.880. The second kappa shape index (κ2) is 7.28. The minimum absolute atomic E-state index is 0.0823. The van der Waals surface area contributed by atoms with E-state index in [0.29, 0.717) is 29.4 Å². The number of benzene rings is 1. The highest BCUT2D eigenvalue weighted by molar-refractivity contribution is 6.10. The first-order chi connectivity index (χ1) is 14.0. The normalized spacial score (nSPS) is 13.7. The molecule has 0 aliphatic carbocycles. The summed E-state index contributed by atoms with van der Waals surface area (Å²) in [6, 6.07) is 9.29. The molecule has 3 heterocycles. The van der Waals surface area contributed by atoms with E-state index in [1.54, 1.807) is 49.3 Å². The molecule has 8 heteroatoms. The highest BCUT2D eigenvalue weighted by Crippen LogP contribution is 2.34. The van der Waals surface area contributed by atoms with Gasteiger partial charge in [0.15, 0.2) is 5.75 Å². The number of fused-ring (bicyclic) bond motifs is 1. The molecular weight excluding hydrogens is 370 g/mol. The number of nitriles is 1. The Hall–Kier alpha value is -3.86. The van der Waals surface area contributed by atoms with Gasteiger partial charge in [0.05, 0.1) is 44.9 Å². The number of pyridine rings is 1. The van der Waals surface area contributed by atoms with Gasteiger partial charge in [-0.15, -0.1) is 0 Å². The molecule has 0 saturated carbocycles. The van der Waals surface area contributed by atoms with Crippen LogP contribution in [0.1, 0.15) is 28.9 Å². The number of hydrogen-bond acceptors (Lipinski definition) is 6. The molecule has 1 atom stereocenters. The molecule has 0 unspecified atom stereocenters. The summed E-state index contributed by atoms with van der Waals surface area (Å²) >= 11 is 0. The fourth-order valence-electron chi connectivity index (χ4n) is 3.34. The van der Waals surface area contributed by atoms with Gasteiger partial charge in [0.1, 0.15) is 6.04 Å². The summed E-state index contributed by atoms with van der Waals surface area (Å²) < 4.78 is 12.1. The number of aromatic nitrogens is 3. The predicted octanol–water partition coefficient (Wildman–Crippen LogP) is 3.21. The number of anilines is 1. The SMILES string of the molecule is COc1cc(-c2ccc3c(c2)CN(c2cnn([C@H](C)C#N)c2)C3=O)cnc1OC. The first-order valence-corrected chi connectivity index (χ1v) is 9.02. The molecule has 0 saturated heterocycles. The summed E-state index contributed by atoms with van der Waals surface area (Å²) in [4.78, 5) is 18.8. The lowest BCUT2D eigenvalue weighted by Crippen LogP contribution is -2.22. The van der Waals surface area contributed by atoms with Crippen molar-refractivity contribution in [1.29, 1.82) is 5.26 Å². The topological polar surface area (TPSA) is 93.3 Å². The van der Waals surface area contributed by atoms with Crippen LogP contribution >= 0.6 is 0 Å². The Morgan fingerprint density at radius 1 is 1.17 bits per heavy atom. The van der Waals surface area contributed by atoms with Crippen LogP contribution in [0.4, 0.5) is 5.69 Å². The standard InChI is InChI=1S/C21H19N5O3/c1-13(8-22)26-12-17(10-24-26)25-11-16-6-14(4-5-18(16)21(25)27)15-7-19(28-2)20(29-3)23-9-15/h4-7,9-10,12-13H,11H2,1-3H3/t13-/m1/s1. The maximum atomic E-state index is 12.9. The Kier molecular flexibility index (Phi) is 4.64. The number of amides is 1. The third-order valence-electron chi connectivity index (χ3n) is 4.96. The number of methoxy groups -OCH3 is 2. The molecule has 3 aromatic rings. The Morgan fingerprint density at radius 2 is 2.00 bits per heavy atom. The number of carbonyl (C=O) groups is 1. The zero-order valence-corrected chi connectivity index (χ0v) is 16.3. The van der Waals surface area contributed by atoms with Crippen molar-refractivity contribution in [2.24, 2.45) is 0 Å². The molecule has 1 amide bonds. The molecule has 2 aromatic heterocycles. The van der Waals surface area contributed by atoms with Gasteiger partial charge in [-0.3, -0.25) is 9.48 Å². The van der Waals surface area contributed by atoms with E-state index >= 15 is 0 Å². The summed E-state index contributed by atoms with van der Waals surface area (Å²) in [5.41, 5.74) is 4.04. The molecule has 0 spiro atoms. The molecule has 29 heavy (non-hydrogen) atoms. The summed E-state index contributed by atoms with van der Waals surface area (Å²) in [6.45, 7) is 2.19. The molecule has 8 nitrogen and oxygen atoms in total. The minimum atomic E-state index is -0.395. The van der Waals surface area contributed by atoms with Crippen LogP contribution in [-0.4, -0.2) is 34.9 Å². The smallest absolute Gasteiger partial charge is 0.259 e. The van der Waals surface area contributed by atoms with E-state index in [1.807, 2.05) is 24.3 Å². The molecule has 0 N–H and O–H groups in total. The lowest BCUT2D eigenvalue weighted by atomic mass is 10.0. The van der Waals surface area contributed by atoms with Crippen LogP contribution in [0.5, 0.6) is 11.6 Å².